The van der Waals surface area contributed by atoms with E-state index in [9.17, 15) is 4.39 Å². The molecule has 0 aliphatic carbocycles. The summed E-state index contributed by atoms with van der Waals surface area (Å²) >= 11 is 1.61. The molecule has 0 N–H and O–H groups in total. The van der Waals surface area contributed by atoms with E-state index in [-0.39, 0.29) is 11.9 Å². The minimum atomic E-state index is -0.230. The van der Waals surface area contributed by atoms with Crippen LogP contribution in [0.1, 0.15) is 16.7 Å². The Kier molecular flexibility index (Phi) is 4.88. The van der Waals surface area contributed by atoms with Crippen molar-refractivity contribution in [2.75, 3.05) is 19.7 Å². The first-order valence-electron chi connectivity index (χ1n) is 8.37. The average Bonchev–Trinajstić information content (AvgIpc) is 3.14. The number of nitrogens with zero attached hydrogens (tertiary/aromatic N) is 2. The molecule has 1 saturated heterocycles. The van der Waals surface area contributed by atoms with E-state index in [1.165, 1.54) is 17.7 Å². The first-order chi connectivity index (χ1) is 12.3. The van der Waals surface area contributed by atoms with Crippen LogP contribution in [0.5, 0.6) is 0 Å². The molecule has 1 atom stereocenters. The van der Waals surface area contributed by atoms with Gasteiger partial charge in [-0.3, -0.25) is 4.90 Å². The van der Waals surface area contributed by atoms with Crippen LogP contribution in [0.15, 0.2) is 60.0 Å². The Morgan fingerprint density at radius 2 is 1.92 bits per heavy atom. The Bertz CT molecular complexity index is 819. The van der Waals surface area contributed by atoms with Crippen LogP contribution in [-0.4, -0.2) is 29.6 Å². The largest absolute Gasteiger partial charge is 0.368 e. The van der Waals surface area contributed by atoms with Crippen molar-refractivity contribution in [3.05, 3.63) is 76.4 Å². The summed E-state index contributed by atoms with van der Waals surface area (Å²) in [5.74, 6) is -0.230. The summed E-state index contributed by atoms with van der Waals surface area (Å²) in [6, 6.07) is 16.9. The van der Waals surface area contributed by atoms with Crippen molar-refractivity contribution in [2.24, 2.45) is 0 Å². The van der Waals surface area contributed by atoms with Gasteiger partial charge in [0.15, 0.2) is 0 Å². The molecule has 0 bridgehead atoms. The summed E-state index contributed by atoms with van der Waals surface area (Å²) in [6.07, 6.45) is -0.00309. The SMILES string of the molecule is Fc1ccc(-c2csc(C3CN(Cc4ccccc4)CCO3)n2)cc1. The highest BCUT2D eigenvalue weighted by Crippen LogP contribution is 2.29. The molecule has 128 valence electrons. The van der Waals surface area contributed by atoms with Gasteiger partial charge in [-0.25, -0.2) is 9.37 Å². The zero-order valence-electron chi connectivity index (χ0n) is 13.8. The maximum Gasteiger partial charge on any atom is 0.124 e. The van der Waals surface area contributed by atoms with Crippen LogP contribution in [-0.2, 0) is 11.3 Å². The fourth-order valence-corrected chi connectivity index (χ4v) is 3.89. The standard InChI is InChI=1S/C20H19FN2OS/c21-17-8-6-16(7-9-17)18-14-25-20(22-18)19-13-23(10-11-24-19)12-15-4-2-1-3-5-15/h1-9,14,19H,10-13H2. The molecule has 3 nitrogen and oxygen atoms in total. The summed E-state index contributed by atoms with van der Waals surface area (Å²) in [4.78, 5) is 7.12. The van der Waals surface area contributed by atoms with Crippen LogP contribution in [0, 0.1) is 5.82 Å². The number of benzene rings is 2. The molecule has 0 spiro atoms. The van der Waals surface area contributed by atoms with Gasteiger partial charge in [0.1, 0.15) is 16.9 Å². The van der Waals surface area contributed by atoms with Crippen LogP contribution in [0.4, 0.5) is 4.39 Å². The summed E-state index contributed by atoms with van der Waals surface area (Å²) in [7, 11) is 0. The molecule has 1 aliphatic heterocycles. The lowest BCUT2D eigenvalue weighted by Gasteiger charge is -2.32. The lowest BCUT2D eigenvalue weighted by molar-refractivity contribution is -0.0329. The van der Waals surface area contributed by atoms with Crippen molar-refractivity contribution in [1.82, 2.24) is 9.88 Å². The highest BCUT2D eigenvalue weighted by molar-refractivity contribution is 7.10. The second kappa shape index (κ2) is 7.44. The van der Waals surface area contributed by atoms with Gasteiger partial charge in [0, 0.05) is 30.6 Å². The highest BCUT2D eigenvalue weighted by atomic mass is 32.1. The third-order valence-corrected chi connectivity index (χ3v) is 5.27. The van der Waals surface area contributed by atoms with Crippen LogP contribution in [0.3, 0.4) is 0 Å². The number of thiazole rings is 1. The number of rotatable bonds is 4. The predicted molar refractivity (Wildman–Crippen MR) is 97.9 cm³/mol. The van der Waals surface area contributed by atoms with Gasteiger partial charge >= 0.3 is 0 Å². The molecule has 0 radical (unpaired) electrons. The van der Waals surface area contributed by atoms with Crippen molar-refractivity contribution in [2.45, 2.75) is 12.6 Å². The molecule has 3 aromatic rings. The number of ether oxygens (including phenoxy) is 1. The van der Waals surface area contributed by atoms with E-state index in [4.69, 9.17) is 9.72 Å². The van der Waals surface area contributed by atoms with Crippen LogP contribution in [0.2, 0.25) is 0 Å². The molecule has 0 amide bonds. The molecule has 5 heteroatoms. The van der Waals surface area contributed by atoms with E-state index >= 15 is 0 Å². The minimum absolute atomic E-state index is 0.00309. The molecule has 1 fully saturated rings. The number of halogens is 1. The number of aromatic nitrogens is 1. The second-order valence-corrected chi connectivity index (χ2v) is 7.05. The molecule has 1 aromatic heterocycles. The van der Waals surface area contributed by atoms with E-state index in [0.717, 1.165) is 35.9 Å². The molecular formula is C20H19FN2OS. The van der Waals surface area contributed by atoms with E-state index in [1.807, 2.05) is 11.4 Å². The molecule has 2 aromatic carbocycles. The van der Waals surface area contributed by atoms with Crippen molar-refractivity contribution < 1.29 is 9.13 Å². The first-order valence-corrected chi connectivity index (χ1v) is 9.25. The Morgan fingerprint density at radius 3 is 2.72 bits per heavy atom. The second-order valence-electron chi connectivity index (χ2n) is 6.16. The van der Waals surface area contributed by atoms with Gasteiger partial charge in [0.05, 0.1) is 12.3 Å². The number of hydrogen-bond acceptors (Lipinski definition) is 4. The summed E-state index contributed by atoms with van der Waals surface area (Å²) in [6.45, 7) is 3.41. The number of morpholine rings is 1. The third-order valence-electron chi connectivity index (χ3n) is 4.34. The van der Waals surface area contributed by atoms with Crippen molar-refractivity contribution in [3.63, 3.8) is 0 Å². The van der Waals surface area contributed by atoms with Crippen molar-refractivity contribution in [3.8, 4) is 11.3 Å². The van der Waals surface area contributed by atoms with Crippen molar-refractivity contribution >= 4 is 11.3 Å². The van der Waals surface area contributed by atoms with Gasteiger partial charge in [0.25, 0.3) is 0 Å². The molecule has 4 rings (SSSR count). The van der Waals surface area contributed by atoms with Gasteiger partial charge in [-0.1, -0.05) is 30.3 Å². The molecule has 0 saturated carbocycles. The highest BCUT2D eigenvalue weighted by Gasteiger charge is 2.24. The summed E-state index contributed by atoms with van der Waals surface area (Å²) < 4.78 is 19.0. The van der Waals surface area contributed by atoms with Crippen LogP contribution < -0.4 is 0 Å². The fourth-order valence-electron chi connectivity index (χ4n) is 3.03. The van der Waals surface area contributed by atoms with Crippen LogP contribution >= 0.6 is 11.3 Å². The quantitative estimate of drug-likeness (QED) is 0.689. The molecule has 1 unspecified atom stereocenters. The Labute approximate surface area is 150 Å². The molecule has 25 heavy (non-hydrogen) atoms. The topological polar surface area (TPSA) is 25.4 Å². The first kappa shape index (κ1) is 16.4. The van der Waals surface area contributed by atoms with Crippen molar-refractivity contribution in [1.29, 1.82) is 0 Å². The normalized spacial score (nSPS) is 18.4. The monoisotopic (exact) mass is 354 g/mol. The maximum atomic E-state index is 13.1. The number of hydrogen-bond donors (Lipinski definition) is 0. The third kappa shape index (κ3) is 3.95. The molecule has 2 heterocycles. The molecular weight excluding hydrogens is 335 g/mol. The predicted octanol–water partition coefficient (Wildman–Crippen LogP) is 4.52. The van der Waals surface area contributed by atoms with Crippen LogP contribution in [0.25, 0.3) is 11.3 Å². The van der Waals surface area contributed by atoms with Gasteiger partial charge in [-0.2, -0.15) is 0 Å². The Morgan fingerprint density at radius 1 is 1.12 bits per heavy atom. The van der Waals surface area contributed by atoms with Gasteiger partial charge in [-0.05, 0) is 29.8 Å². The lowest BCUT2D eigenvalue weighted by atomic mass is 10.1. The van der Waals surface area contributed by atoms with E-state index in [2.05, 4.69) is 29.2 Å². The van der Waals surface area contributed by atoms with E-state index in [0.29, 0.717) is 6.61 Å². The lowest BCUT2D eigenvalue weighted by Crippen LogP contribution is -2.37. The van der Waals surface area contributed by atoms with E-state index < -0.39 is 0 Å². The van der Waals surface area contributed by atoms with Gasteiger partial charge in [0.2, 0.25) is 0 Å². The van der Waals surface area contributed by atoms with E-state index in [1.54, 1.807) is 23.5 Å². The summed E-state index contributed by atoms with van der Waals surface area (Å²) in [5, 5.41) is 3.00. The Hall–Kier alpha value is -2.08. The maximum absolute atomic E-state index is 13.1. The minimum Gasteiger partial charge on any atom is -0.368 e. The van der Waals surface area contributed by atoms with Gasteiger partial charge < -0.3 is 4.74 Å². The smallest absolute Gasteiger partial charge is 0.124 e. The molecule has 1 aliphatic rings. The fraction of sp³-hybridized carbons (Fsp3) is 0.250. The Balaban J connectivity index is 1.45. The summed E-state index contributed by atoms with van der Waals surface area (Å²) in [5.41, 5.74) is 3.12. The average molecular weight is 354 g/mol. The zero-order chi connectivity index (χ0) is 17.1. The van der Waals surface area contributed by atoms with Gasteiger partial charge in [-0.15, -0.1) is 11.3 Å². The zero-order valence-corrected chi connectivity index (χ0v) is 14.6.